The van der Waals surface area contributed by atoms with Crippen LogP contribution < -0.4 is 0 Å². The fourth-order valence-electron chi connectivity index (χ4n) is 3.93. The Morgan fingerprint density at radius 1 is 1.31 bits per heavy atom. The number of ether oxygens (including phenoxy) is 1. The largest absolute Gasteiger partial charge is 0.370 e. The van der Waals surface area contributed by atoms with E-state index >= 15 is 0 Å². The molecule has 1 atom stereocenters. The first-order chi connectivity index (χ1) is 12.6. The maximum Gasteiger partial charge on any atom is 0.274 e. The molecule has 4 rings (SSSR count). The average molecular weight is 354 g/mol. The first-order valence-corrected chi connectivity index (χ1v) is 9.29. The molecule has 2 aliphatic rings. The number of hydrogen-bond donors (Lipinski definition) is 0. The highest BCUT2D eigenvalue weighted by Crippen LogP contribution is 2.37. The molecule has 1 unspecified atom stereocenters. The van der Waals surface area contributed by atoms with Crippen molar-refractivity contribution in [1.29, 1.82) is 0 Å². The maximum absolute atomic E-state index is 12.5. The van der Waals surface area contributed by atoms with E-state index in [4.69, 9.17) is 4.74 Å². The number of carbonyl (C=O) groups excluding carboxylic acids is 1. The van der Waals surface area contributed by atoms with Crippen molar-refractivity contribution in [3.63, 3.8) is 0 Å². The fraction of sp³-hybridized carbons (Fsp3) is 0.500. The zero-order valence-electron chi connectivity index (χ0n) is 15.5. The average Bonchev–Trinajstić information content (AvgIpc) is 3.28. The molecule has 2 saturated heterocycles. The SMILES string of the molecule is CCn1ccc(C(=O)N2CC3(CC(N(C)Cc4ccccc4)CO3)C2)n1. The minimum absolute atomic E-state index is 0.00696. The van der Waals surface area contributed by atoms with Crippen LogP contribution in [-0.4, -0.2) is 63.9 Å². The summed E-state index contributed by atoms with van der Waals surface area (Å²) in [6, 6.07) is 12.7. The van der Waals surface area contributed by atoms with E-state index in [9.17, 15) is 4.79 Å². The van der Waals surface area contributed by atoms with E-state index in [0.29, 0.717) is 24.8 Å². The summed E-state index contributed by atoms with van der Waals surface area (Å²) in [7, 11) is 2.15. The summed E-state index contributed by atoms with van der Waals surface area (Å²) in [6.07, 6.45) is 2.83. The summed E-state index contributed by atoms with van der Waals surface area (Å²) < 4.78 is 7.91. The maximum atomic E-state index is 12.5. The molecule has 6 nitrogen and oxygen atoms in total. The summed E-state index contributed by atoms with van der Waals surface area (Å²) >= 11 is 0. The van der Waals surface area contributed by atoms with Crippen molar-refractivity contribution < 1.29 is 9.53 Å². The highest BCUT2D eigenvalue weighted by molar-refractivity contribution is 5.93. The van der Waals surface area contributed by atoms with E-state index in [1.54, 1.807) is 10.7 Å². The third-order valence-corrected chi connectivity index (χ3v) is 5.52. The molecule has 0 bridgehead atoms. The molecule has 0 saturated carbocycles. The van der Waals surface area contributed by atoms with E-state index in [1.165, 1.54) is 5.56 Å². The Morgan fingerprint density at radius 3 is 2.77 bits per heavy atom. The second-order valence-corrected chi connectivity index (χ2v) is 7.47. The van der Waals surface area contributed by atoms with Crippen molar-refractivity contribution in [1.82, 2.24) is 19.6 Å². The minimum Gasteiger partial charge on any atom is -0.370 e. The molecule has 6 heteroatoms. The Morgan fingerprint density at radius 2 is 2.08 bits per heavy atom. The number of aryl methyl sites for hydroxylation is 1. The van der Waals surface area contributed by atoms with Crippen molar-refractivity contribution in [2.75, 3.05) is 26.7 Å². The summed E-state index contributed by atoms with van der Waals surface area (Å²) in [6.45, 7) is 5.77. The van der Waals surface area contributed by atoms with Gasteiger partial charge in [0.05, 0.1) is 19.7 Å². The molecule has 3 heterocycles. The van der Waals surface area contributed by atoms with Gasteiger partial charge in [0.1, 0.15) is 11.3 Å². The zero-order valence-corrected chi connectivity index (χ0v) is 15.5. The van der Waals surface area contributed by atoms with Crippen molar-refractivity contribution in [2.45, 2.75) is 38.1 Å². The number of rotatable bonds is 5. The molecule has 1 spiro atoms. The van der Waals surface area contributed by atoms with Gasteiger partial charge in [0, 0.05) is 25.3 Å². The van der Waals surface area contributed by atoms with E-state index in [2.05, 4.69) is 41.3 Å². The van der Waals surface area contributed by atoms with Crippen LogP contribution in [0.2, 0.25) is 0 Å². The van der Waals surface area contributed by atoms with E-state index in [-0.39, 0.29) is 11.5 Å². The molecule has 138 valence electrons. The van der Waals surface area contributed by atoms with Crippen LogP contribution >= 0.6 is 0 Å². The molecule has 2 aromatic rings. The molecule has 1 amide bonds. The monoisotopic (exact) mass is 354 g/mol. The second-order valence-electron chi connectivity index (χ2n) is 7.47. The number of hydrogen-bond acceptors (Lipinski definition) is 4. The fourth-order valence-corrected chi connectivity index (χ4v) is 3.93. The molecule has 2 fully saturated rings. The van der Waals surface area contributed by atoms with Crippen molar-refractivity contribution >= 4 is 5.91 Å². The summed E-state index contributed by atoms with van der Waals surface area (Å²) in [4.78, 5) is 16.7. The summed E-state index contributed by atoms with van der Waals surface area (Å²) in [5.41, 5.74) is 1.67. The van der Waals surface area contributed by atoms with Gasteiger partial charge in [-0.1, -0.05) is 30.3 Å². The quantitative estimate of drug-likeness (QED) is 0.824. The van der Waals surface area contributed by atoms with Crippen LogP contribution in [0.25, 0.3) is 0 Å². The van der Waals surface area contributed by atoms with Crippen LogP contribution in [0.3, 0.4) is 0 Å². The molecule has 1 aromatic heterocycles. The molecular weight excluding hydrogens is 328 g/mol. The van der Waals surface area contributed by atoms with Crippen LogP contribution in [0.5, 0.6) is 0 Å². The first-order valence-electron chi connectivity index (χ1n) is 9.29. The molecule has 26 heavy (non-hydrogen) atoms. The lowest BCUT2D eigenvalue weighted by Crippen LogP contribution is -2.63. The minimum atomic E-state index is -0.168. The van der Waals surface area contributed by atoms with Crippen molar-refractivity contribution in [3.8, 4) is 0 Å². The number of benzene rings is 1. The Kier molecular flexibility index (Phi) is 4.54. The molecule has 0 aliphatic carbocycles. The van der Waals surface area contributed by atoms with Gasteiger partial charge in [-0.15, -0.1) is 0 Å². The topological polar surface area (TPSA) is 50.6 Å². The van der Waals surface area contributed by atoms with Crippen LogP contribution in [0, 0.1) is 0 Å². The summed E-state index contributed by atoms with van der Waals surface area (Å²) in [5.74, 6) is 0.00696. The van der Waals surface area contributed by atoms with E-state index < -0.39 is 0 Å². The van der Waals surface area contributed by atoms with Crippen LogP contribution in [0.1, 0.15) is 29.4 Å². The molecule has 2 aliphatic heterocycles. The van der Waals surface area contributed by atoms with Gasteiger partial charge in [0.25, 0.3) is 5.91 Å². The van der Waals surface area contributed by atoms with Crippen molar-refractivity contribution in [3.05, 3.63) is 53.9 Å². The number of carbonyl (C=O) groups is 1. The highest BCUT2D eigenvalue weighted by atomic mass is 16.5. The Labute approximate surface area is 154 Å². The van der Waals surface area contributed by atoms with Crippen LogP contribution in [0.4, 0.5) is 0 Å². The lowest BCUT2D eigenvalue weighted by atomic mass is 9.88. The Bertz CT molecular complexity index is 767. The highest BCUT2D eigenvalue weighted by Gasteiger charge is 2.52. The number of likely N-dealkylation sites (N-methyl/N-ethyl adjacent to an activating group) is 1. The van der Waals surface area contributed by atoms with Crippen LogP contribution in [0.15, 0.2) is 42.6 Å². The molecule has 1 aromatic carbocycles. The van der Waals surface area contributed by atoms with Gasteiger partial charge in [-0.25, -0.2) is 0 Å². The Hall–Kier alpha value is -2.18. The molecular formula is C20H26N4O2. The predicted molar refractivity (Wildman–Crippen MR) is 98.8 cm³/mol. The zero-order chi connectivity index (χ0) is 18.1. The van der Waals surface area contributed by atoms with E-state index in [1.807, 2.05) is 24.1 Å². The van der Waals surface area contributed by atoms with Crippen molar-refractivity contribution in [2.24, 2.45) is 0 Å². The van der Waals surface area contributed by atoms with E-state index in [0.717, 1.165) is 26.1 Å². The lowest BCUT2D eigenvalue weighted by Gasteiger charge is -2.47. The molecule has 0 N–H and O–H groups in total. The van der Waals surface area contributed by atoms with Gasteiger partial charge in [-0.3, -0.25) is 14.4 Å². The predicted octanol–water partition coefficient (Wildman–Crippen LogP) is 2.02. The number of likely N-dealkylation sites (tertiary alicyclic amines) is 1. The third kappa shape index (κ3) is 3.27. The smallest absolute Gasteiger partial charge is 0.274 e. The van der Waals surface area contributed by atoms with Crippen LogP contribution in [-0.2, 0) is 17.8 Å². The standard InChI is InChI=1S/C20H26N4O2/c1-3-24-10-9-18(21-24)19(25)23-14-20(15-23)11-17(13-26-20)22(2)12-16-7-5-4-6-8-16/h4-10,17H,3,11-15H2,1-2H3. The van der Waals surface area contributed by atoms with Gasteiger partial charge >= 0.3 is 0 Å². The number of aromatic nitrogens is 2. The first kappa shape index (κ1) is 17.2. The number of nitrogens with zero attached hydrogens (tertiary/aromatic N) is 4. The lowest BCUT2D eigenvalue weighted by molar-refractivity contribution is -0.0952. The summed E-state index contributed by atoms with van der Waals surface area (Å²) in [5, 5.41) is 4.31. The van der Waals surface area contributed by atoms with Gasteiger partial charge in [0.2, 0.25) is 0 Å². The van der Waals surface area contributed by atoms with Gasteiger partial charge < -0.3 is 9.64 Å². The molecule has 0 radical (unpaired) electrons. The van der Waals surface area contributed by atoms with Gasteiger partial charge in [-0.05, 0) is 32.0 Å². The Balaban J connectivity index is 1.31. The second kappa shape index (κ2) is 6.85. The van der Waals surface area contributed by atoms with Gasteiger partial charge in [0.15, 0.2) is 0 Å². The van der Waals surface area contributed by atoms with Gasteiger partial charge in [-0.2, -0.15) is 5.10 Å². The number of amides is 1. The third-order valence-electron chi connectivity index (χ3n) is 5.52. The normalized spacial score (nSPS) is 21.3.